The largest absolute Gasteiger partial charge is 0.451 e. The number of nitrogens with one attached hydrogen (secondary N) is 1. The molecule has 6 heteroatoms. The Balaban J connectivity index is 2.26. The van der Waals surface area contributed by atoms with Crippen molar-refractivity contribution in [2.75, 3.05) is 6.54 Å². The van der Waals surface area contributed by atoms with E-state index < -0.39 is 17.6 Å². The lowest BCUT2D eigenvalue weighted by Gasteiger charge is -2.07. The Labute approximate surface area is 118 Å². The highest BCUT2D eigenvalue weighted by molar-refractivity contribution is 5.92. The number of alkyl halides is 3. The maximum absolute atomic E-state index is 12.6. The first-order valence-corrected chi connectivity index (χ1v) is 5.91. The standard InChI is InChI=1S/C15H10F3NO2/c1-2-8-19-14(20)13-7-6-12(21-13)10-4-3-5-11(9-10)15(16,17)18/h1,3-7,9H,8H2,(H,19,20). The lowest BCUT2D eigenvalue weighted by Crippen LogP contribution is -2.22. The second-order valence-corrected chi connectivity index (χ2v) is 4.13. The average molecular weight is 293 g/mol. The second-order valence-electron chi connectivity index (χ2n) is 4.13. The number of carbonyl (C=O) groups is 1. The minimum Gasteiger partial charge on any atom is -0.451 e. The fourth-order valence-corrected chi connectivity index (χ4v) is 1.68. The van der Waals surface area contributed by atoms with Crippen molar-refractivity contribution in [3.05, 3.63) is 47.7 Å². The Morgan fingerprint density at radius 3 is 2.71 bits per heavy atom. The molecule has 1 aromatic carbocycles. The molecule has 1 amide bonds. The van der Waals surface area contributed by atoms with Crippen molar-refractivity contribution in [2.24, 2.45) is 0 Å². The van der Waals surface area contributed by atoms with Crippen LogP contribution in [0, 0.1) is 12.3 Å². The molecule has 2 aromatic rings. The fourth-order valence-electron chi connectivity index (χ4n) is 1.68. The molecule has 0 fully saturated rings. The van der Waals surface area contributed by atoms with Crippen molar-refractivity contribution in [1.82, 2.24) is 5.32 Å². The van der Waals surface area contributed by atoms with E-state index in [4.69, 9.17) is 10.8 Å². The third-order valence-corrected chi connectivity index (χ3v) is 2.66. The van der Waals surface area contributed by atoms with Crippen LogP contribution < -0.4 is 5.32 Å². The number of rotatable bonds is 3. The van der Waals surface area contributed by atoms with Gasteiger partial charge in [-0.1, -0.05) is 18.1 Å². The van der Waals surface area contributed by atoms with Gasteiger partial charge in [0, 0.05) is 5.56 Å². The first kappa shape index (κ1) is 14.7. The van der Waals surface area contributed by atoms with E-state index in [0.29, 0.717) is 0 Å². The zero-order valence-corrected chi connectivity index (χ0v) is 10.7. The van der Waals surface area contributed by atoms with Gasteiger partial charge in [0.1, 0.15) is 5.76 Å². The monoisotopic (exact) mass is 293 g/mol. The van der Waals surface area contributed by atoms with Gasteiger partial charge < -0.3 is 9.73 Å². The van der Waals surface area contributed by atoms with Crippen molar-refractivity contribution >= 4 is 5.91 Å². The summed E-state index contributed by atoms with van der Waals surface area (Å²) in [6.07, 6.45) is 0.572. The van der Waals surface area contributed by atoms with Crippen LogP contribution in [0.3, 0.4) is 0 Å². The van der Waals surface area contributed by atoms with Crippen molar-refractivity contribution in [2.45, 2.75) is 6.18 Å². The molecular weight excluding hydrogens is 283 g/mol. The number of halogens is 3. The molecule has 0 saturated heterocycles. The Morgan fingerprint density at radius 2 is 2.05 bits per heavy atom. The Kier molecular flexibility index (Phi) is 4.03. The zero-order valence-electron chi connectivity index (χ0n) is 10.7. The number of hydrogen-bond donors (Lipinski definition) is 1. The van der Waals surface area contributed by atoms with Crippen molar-refractivity contribution < 1.29 is 22.4 Å². The van der Waals surface area contributed by atoms with Gasteiger partial charge >= 0.3 is 6.18 Å². The smallest absolute Gasteiger partial charge is 0.416 e. The molecular formula is C15H10F3NO2. The molecule has 1 aromatic heterocycles. The molecule has 1 N–H and O–H groups in total. The molecule has 3 nitrogen and oxygen atoms in total. The molecule has 0 unspecified atom stereocenters. The number of carbonyl (C=O) groups excluding carboxylic acids is 1. The quantitative estimate of drug-likeness (QED) is 0.882. The number of amides is 1. The summed E-state index contributed by atoms with van der Waals surface area (Å²) in [6, 6.07) is 7.48. The molecule has 1 heterocycles. The first-order chi connectivity index (χ1) is 9.91. The lowest BCUT2D eigenvalue weighted by molar-refractivity contribution is -0.137. The fraction of sp³-hybridized carbons (Fsp3) is 0.133. The molecule has 0 aliphatic heterocycles. The summed E-state index contributed by atoms with van der Waals surface area (Å²) in [7, 11) is 0. The zero-order chi connectivity index (χ0) is 15.5. The van der Waals surface area contributed by atoms with E-state index in [0.717, 1.165) is 12.1 Å². The van der Waals surface area contributed by atoms with E-state index in [-0.39, 0.29) is 23.6 Å². The number of terminal acetylenes is 1. The summed E-state index contributed by atoms with van der Waals surface area (Å²) < 4.78 is 43.2. The van der Waals surface area contributed by atoms with Crippen LogP contribution in [0.1, 0.15) is 16.1 Å². The van der Waals surface area contributed by atoms with Gasteiger partial charge in [-0.2, -0.15) is 13.2 Å². The van der Waals surface area contributed by atoms with Crippen LogP contribution in [-0.4, -0.2) is 12.5 Å². The normalized spacial score (nSPS) is 11.0. The predicted molar refractivity (Wildman–Crippen MR) is 70.3 cm³/mol. The second kappa shape index (κ2) is 5.75. The van der Waals surface area contributed by atoms with E-state index in [2.05, 4.69) is 11.2 Å². The maximum atomic E-state index is 12.6. The molecule has 0 atom stereocenters. The van der Waals surface area contributed by atoms with Crippen LogP contribution >= 0.6 is 0 Å². The topological polar surface area (TPSA) is 42.2 Å². The van der Waals surface area contributed by atoms with Crippen LogP contribution in [0.2, 0.25) is 0 Å². The van der Waals surface area contributed by atoms with Gasteiger partial charge in [0.25, 0.3) is 5.91 Å². The Hall–Kier alpha value is -2.68. The van der Waals surface area contributed by atoms with Crippen molar-refractivity contribution in [3.8, 4) is 23.7 Å². The summed E-state index contributed by atoms with van der Waals surface area (Å²) >= 11 is 0. The Morgan fingerprint density at radius 1 is 1.29 bits per heavy atom. The van der Waals surface area contributed by atoms with Crippen LogP contribution in [0.5, 0.6) is 0 Å². The van der Waals surface area contributed by atoms with E-state index >= 15 is 0 Å². The highest BCUT2D eigenvalue weighted by atomic mass is 19.4. The van der Waals surface area contributed by atoms with E-state index in [1.165, 1.54) is 24.3 Å². The SMILES string of the molecule is C#CCNC(=O)c1ccc(-c2cccc(C(F)(F)F)c2)o1. The predicted octanol–water partition coefficient (Wildman–Crippen LogP) is 3.33. The minimum absolute atomic E-state index is 0.0161. The summed E-state index contributed by atoms with van der Waals surface area (Å²) in [5.74, 6) is 1.87. The summed E-state index contributed by atoms with van der Waals surface area (Å²) in [6.45, 7) is 0.0401. The van der Waals surface area contributed by atoms with Crippen LogP contribution in [0.4, 0.5) is 13.2 Å². The summed E-state index contributed by atoms with van der Waals surface area (Å²) in [5.41, 5.74) is -0.546. The van der Waals surface area contributed by atoms with Crippen molar-refractivity contribution in [3.63, 3.8) is 0 Å². The third-order valence-electron chi connectivity index (χ3n) is 2.66. The molecule has 0 aliphatic rings. The molecule has 0 saturated carbocycles. The van der Waals surface area contributed by atoms with Gasteiger partial charge in [-0.3, -0.25) is 4.79 Å². The van der Waals surface area contributed by atoms with E-state index in [9.17, 15) is 18.0 Å². The third kappa shape index (κ3) is 3.45. The van der Waals surface area contributed by atoms with Gasteiger partial charge in [0.2, 0.25) is 0 Å². The van der Waals surface area contributed by atoms with Crippen LogP contribution in [0.15, 0.2) is 40.8 Å². The molecule has 0 bridgehead atoms. The molecule has 0 aliphatic carbocycles. The first-order valence-electron chi connectivity index (χ1n) is 5.91. The molecule has 108 valence electrons. The van der Waals surface area contributed by atoms with Crippen molar-refractivity contribution in [1.29, 1.82) is 0 Å². The maximum Gasteiger partial charge on any atom is 0.416 e. The highest BCUT2D eigenvalue weighted by Crippen LogP contribution is 2.32. The van der Waals surface area contributed by atoms with Crippen LogP contribution in [0.25, 0.3) is 11.3 Å². The average Bonchev–Trinajstić information content (AvgIpc) is 2.94. The van der Waals surface area contributed by atoms with E-state index in [1.807, 2.05) is 0 Å². The number of benzene rings is 1. The molecule has 2 rings (SSSR count). The van der Waals surface area contributed by atoms with Crippen LogP contribution in [-0.2, 0) is 6.18 Å². The van der Waals surface area contributed by atoms with Gasteiger partial charge in [-0.25, -0.2) is 0 Å². The highest BCUT2D eigenvalue weighted by Gasteiger charge is 2.30. The summed E-state index contributed by atoms with van der Waals surface area (Å²) in [4.78, 5) is 11.6. The van der Waals surface area contributed by atoms with Gasteiger partial charge in [-0.05, 0) is 24.3 Å². The van der Waals surface area contributed by atoms with Gasteiger partial charge in [-0.15, -0.1) is 6.42 Å². The minimum atomic E-state index is -4.43. The molecule has 0 spiro atoms. The number of furan rings is 1. The Bertz CT molecular complexity index is 695. The molecule has 21 heavy (non-hydrogen) atoms. The van der Waals surface area contributed by atoms with Gasteiger partial charge in [0.05, 0.1) is 12.1 Å². The number of hydrogen-bond acceptors (Lipinski definition) is 2. The molecule has 0 radical (unpaired) electrons. The van der Waals surface area contributed by atoms with Gasteiger partial charge in [0.15, 0.2) is 5.76 Å². The lowest BCUT2D eigenvalue weighted by atomic mass is 10.1. The van der Waals surface area contributed by atoms with E-state index in [1.54, 1.807) is 0 Å². The summed E-state index contributed by atoms with van der Waals surface area (Å²) in [5, 5.41) is 2.40.